The summed E-state index contributed by atoms with van der Waals surface area (Å²) in [6, 6.07) is 85.6. The van der Waals surface area contributed by atoms with Crippen molar-refractivity contribution in [1.29, 1.82) is 0 Å². The summed E-state index contributed by atoms with van der Waals surface area (Å²) >= 11 is 0. The van der Waals surface area contributed by atoms with E-state index in [1.54, 1.807) is 0 Å². The molecule has 64 heavy (non-hydrogen) atoms. The zero-order valence-corrected chi connectivity index (χ0v) is 37.4. The molecular weight excluding hydrogens is 789 g/mol. The van der Waals surface area contributed by atoms with Crippen molar-refractivity contribution in [2.75, 3.05) is 9.80 Å². The Morgan fingerprint density at radius 1 is 0.406 bits per heavy atom. The van der Waals surface area contributed by atoms with Gasteiger partial charge in [0, 0.05) is 39.5 Å². The molecule has 11 rings (SSSR count). The second kappa shape index (κ2) is 16.3. The van der Waals surface area contributed by atoms with Crippen LogP contribution in [0.2, 0.25) is 5.54 Å². The van der Waals surface area contributed by atoms with Gasteiger partial charge in [-0.05, 0) is 127 Å². The largest absolute Gasteiger partial charge is 0.314 e. The Bertz CT molecular complexity index is 3120. The number of benzene rings is 9. The highest BCUT2D eigenvalue weighted by atomic mass is 28.3. The highest BCUT2D eigenvalue weighted by Gasteiger charge is 2.47. The molecule has 0 heterocycles. The Morgan fingerprint density at radius 2 is 0.891 bits per heavy atom. The van der Waals surface area contributed by atoms with E-state index in [4.69, 9.17) is 0 Å². The lowest BCUT2D eigenvalue weighted by molar-refractivity contribution is 0.660. The second-order valence-electron chi connectivity index (χ2n) is 17.7. The van der Waals surface area contributed by atoms with Gasteiger partial charge >= 0.3 is 0 Å². The molecule has 0 aliphatic heterocycles. The molecular formula is C61H50N2Si. The third-order valence-electron chi connectivity index (χ3n) is 13.8. The first-order chi connectivity index (χ1) is 31.5. The van der Waals surface area contributed by atoms with Gasteiger partial charge < -0.3 is 9.80 Å². The topological polar surface area (TPSA) is 6.48 Å². The quantitative estimate of drug-likeness (QED) is 0.1000. The standard InChI is InChI=1S/C61H50N2Si/c1-61(2)59-33-18-17-32-57(59)58-44-52(38-41-60(58)61)63(48-24-9-4-10-25-48)50-26-19-31-56(43-50)64(53-27-11-5-12-28-53,54-29-13-6-14-30-54)55-39-36-49(37-40-55)62(47-22-7-3-8-23-47)51-35-34-45-20-15-16-21-46(45)42-51/h3-42,44,56H,43H2,1-2H3. The van der Waals surface area contributed by atoms with Crippen molar-refractivity contribution in [3.05, 3.63) is 266 Å². The van der Waals surface area contributed by atoms with Crippen LogP contribution < -0.4 is 25.4 Å². The highest BCUT2D eigenvalue weighted by molar-refractivity contribution is 7.12. The van der Waals surface area contributed by atoms with Crippen molar-refractivity contribution in [2.45, 2.75) is 31.2 Å². The van der Waals surface area contributed by atoms with Crippen molar-refractivity contribution in [1.82, 2.24) is 0 Å². The fraction of sp³-hybridized carbons (Fsp3) is 0.0820. The molecule has 0 N–H and O–H groups in total. The summed E-state index contributed by atoms with van der Waals surface area (Å²) in [7, 11) is -2.82. The number of anilines is 5. The zero-order valence-electron chi connectivity index (χ0n) is 36.4. The van der Waals surface area contributed by atoms with Gasteiger partial charge in [0.15, 0.2) is 8.07 Å². The van der Waals surface area contributed by atoms with Crippen LogP contribution in [-0.2, 0) is 5.41 Å². The molecule has 3 heteroatoms. The summed E-state index contributed by atoms with van der Waals surface area (Å²) in [4.78, 5) is 4.91. The molecule has 2 aliphatic rings. The number of hydrogen-bond acceptors (Lipinski definition) is 2. The average molecular weight is 839 g/mol. The number of rotatable bonds is 10. The predicted molar refractivity (Wildman–Crippen MR) is 274 cm³/mol. The van der Waals surface area contributed by atoms with E-state index in [1.807, 2.05) is 0 Å². The van der Waals surface area contributed by atoms with Gasteiger partial charge in [-0.1, -0.05) is 196 Å². The fourth-order valence-electron chi connectivity index (χ4n) is 10.8. The van der Waals surface area contributed by atoms with Gasteiger partial charge in [-0.2, -0.15) is 0 Å². The third-order valence-corrected chi connectivity index (χ3v) is 19.0. The molecule has 0 amide bonds. The molecule has 9 aromatic carbocycles. The summed E-state index contributed by atoms with van der Waals surface area (Å²) in [5, 5.41) is 6.66. The summed E-state index contributed by atoms with van der Waals surface area (Å²) in [6.07, 6.45) is 8.08. The number of fused-ring (bicyclic) bond motifs is 4. The van der Waals surface area contributed by atoms with Crippen LogP contribution in [0, 0.1) is 0 Å². The Kier molecular flexibility index (Phi) is 10.1. The summed E-state index contributed by atoms with van der Waals surface area (Å²) in [6.45, 7) is 4.72. The number of para-hydroxylation sites is 2. The van der Waals surface area contributed by atoms with Crippen LogP contribution in [0.3, 0.4) is 0 Å². The Hall–Kier alpha value is -7.46. The molecule has 0 aromatic heterocycles. The lowest BCUT2D eigenvalue weighted by Gasteiger charge is -2.42. The molecule has 0 saturated heterocycles. The molecule has 1 unspecified atom stereocenters. The zero-order chi connectivity index (χ0) is 43.1. The van der Waals surface area contributed by atoms with E-state index in [1.165, 1.54) is 65.7 Å². The molecule has 2 nitrogen and oxygen atoms in total. The van der Waals surface area contributed by atoms with Crippen molar-refractivity contribution in [2.24, 2.45) is 0 Å². The van der Waals surface area contributed by atoms with Gasteiger partial charge in [0.05, 0.1) is 0 Å². The normalized spacial score (nSPS) is 15.0. The first-order valence-corrected chi connectivity index (χ1v) is 24.6. The van der Waals surface area contributed by atoms with Crippen LogP contribution in [0.15, 0.2) is 254 Å². The maximum absolute atomic E-state index is 2.82. The molecule has 0 bridgehead atoms. The van der Waals surface area contributed by atoms with Crippen LogP contribution in [-0.4, -0.2) is 8.07 Å². The van der Waals surface area contributed by atoms with Crippen LogP contribution in [0.25, 0.3) is 21.9 Å². The lowest BCUT2D eigenvalue weighted by atomic mass is 9.82. The summed E-state index contributed by atoms with van der Waals surface area (Å²) in [5.41, 5.74) is 12.6. The molecule has 0 fully saturated rings. The maximum Gasteiger partial charge on any atom is 0.155 e. The Labute approximate surface area is 378 Å². The highest BCUT2D eigenvalue weighted by Crippen LogP contribution is 2.51. The Balaban J connectivity index is 1.05. The van der Waals surface area contributed by atoms with Crippen LogP contribution in [0.1, 0.15) is 31.4 Å². The van der Waals surface area contributed by atoms with E-state index < -0.39 is 8.07 Å². The van der Waals surface area contributed by atoms with Crippen LogP contribution in [0.5, 0.6) is 0 Å². The first-order valence-electron chi connectivity index (χ1n) is 22.5. The molecule has 1 atom stereocenters. The predicted octanol–water partition coefficient (Wildman–Crippen LogP) is 14.1. The lowest BCUT2D eigenvalue weighted by Crippen LogP contribution is -2.69. The first kappa shape index (κ1) is 39.4. The van der Waals surface area contributed by atoms with Gasteiger partial charge in [0.1, 0.15) is 0 Å². The molecule has 0 radical (unpaired) electrons. The van der Waals surface area contributed by atoms with Gasteiger partial charge in [0.25, 0.3) is 0 Å². The van der Waals surface area contributed by atoms with Crippen molar-refractivity contribution in [3.8, 4) is 11.1 Å². The minimum absolute atomic E-state index is 0.0559. The average Bonchev–Trinajstić information content (AvgIpc) is 3.59. The molecule has 2 aliphatic carbocycles. The van der Waals surface area contributed by atoms with E-state index in [0.717, 1.165) is 23.5 Å². The van der Waals surface area contributed by atoms with Gasteiger partial charge in [0.2, 0.25) is 0 Å². The van der Waals surface area contributed by atoms with E-state index in [9.17, 15) is 0 Å². The van der Waals surface area contributed by atoms with Crippen molar-refractivity contribution >= 4 is 62.8 Å². The van der Waals surface area contributed by atoms with E-state index in [-0.39, 0.29) is 11.0 Å². The number of nitrogens with zero attached hydrogens (tertiary/aromatic N) is 2. The molecule has 0 spiro atoms. The van der Waals surface area contributed by atoms with E-state index in [0.29, 0.717) is 0 Å². The summed E-state index contributed by atoms with van der Waals surface area (Å²) in [5.74, 6) is 0. The monoisotopic (exact) mass is 838 g/mol. The van der Waals surface area contributed by atoms with Gasteiger partial charge in [-0.15, -0.1) is 0 Å². The van der Waals surface area contributed by atoms with Crippen molar-refractivity contribution in [3.63, 3.8) is 0 Å². The molecule has 308 valence electrons. The minimum Gasteiger partial charge on any atom is -0.314 e. The smallest absolute Gasteiger partial charge is 0.155 e. The van der Waals surface area contributed by atoms with Gasteiger partial charge in [-0.3, -0.25) is 0 Å². The molecule has 9 aromatic rings. The number of allylic oxidation sites excluding steroid dienone is 4. The van der Waals surface area contributed by atoms with Crippen molar-refractivity contribution < 1.29 is 0 Å². The van der Waals surface area contributed by atoms with Gasteiger partial charge in [-0.25, -0.2) is 0 Å². The third kappa shape index (κ3) is 6.72. The SMILES string of the molecule is CC1(C)c2ccccc2-c2cc(N(C3=CC=CC([Si](c4ccccc4)(c4ccccc4)c4ccc(N(c5ccccc5)c5ccc6ccccc6c5)cc4)C3)c3ccccc3)ccc21. The summed E-state index contributed by atoms with van der Waals surface area (Å²) < 4.78 is 0. The minimum atomic E-state index is -2.82. The fourth-order valence-corrected chi connectivity index (χ4v) is 16.1. The van der Waals surface area contributed by atoms with E-state index >= 15 is 0 Å². The molecule has 0 saturated carbocycles. The maximum atomic E-state index is 2.52. The van der Waals surface area contributed by atoms with E-state index in [2.05, 4.69) is 272 Å². The van der Waals surface area contributed by atoms with Crippen LogP contribution in [0.4, 0.5) is 28.4 Å². The Morgan fingerprint density at radius 3 is 1.56 bits per heavy atom. The van der Waals surface area contributed by atoms with Crippen LogP contribution >= 0.6 is 0 Å². The second-order valence-corrected chi connectivity index (χ2v) is 21.8. The number of hydrogen-bond donors (Lipinski definition) is 0.